The SMILES string of the molecule is CC[n+]1c(C)sc2ccc(O)cc21.Cc1ccc(S(=O)(=O)[O-])cc1. The first-order valence-corrected chi connectivity index (χ1v) is 9.59. The summed E-state index contributed by atoms with van der Waals surface area (Å²) in [5, 5.41) is 10.6. The normalized spacial score (nSPS) is 11.2. The predicted molar refractivity (Wildman–Crippen MR) is 93.2 cm³/mol. The van der Waals surface area contributed by atoms with Crippen LogP contribution >= 0.6 is 11.3 Å². The summed E-state index contributed by atoms with van der Waals surface area (Å²) in [6.07, 6.45) is 0. The minimum atomic E-state index is -4.27. The Morgan fingerprint density at radius 2 is 1.75 bits per heavy atom. The van der Waals surface area contributed by atoms with Gasteiger partial charge in [0.05, 0.1) is 11.0 Å². The molecule has 0 unspecified atom stereocenters. The lowest BCUT2D eigenvalue weighted by atomic mass is 10.2. The topological polar surface area (TPSA) is 81.3 Å². The summed E-state index contributed by atoms with van der Waals surface area (Å²) in [6, 6.07) is 11.3. The van der Waals surface area contributed by atoms with E-state index in [1.807, 2.05) is 19.1 Å². The van der Waals surface area contributed by atoms with Gasteiger partial charge in [-0.3, -0.25) is 0 Å². The smallest absolute Gasteiger partial charge is 0.235 e. The highest BCUT2D eigenvalue weighted by Gasteiger charge is 2.15. The maximum atomic E-state index is 10.4. The summed E-state index contributed by atoms with van der Waals surface area (Å²) >= 11 is 1.76. The zero-order chi connectivity index (χ0) is 17.9. The number of hydrogen-bond acceptors (Lipinski definition) is 5. The first-order valence-electron chi connectivity index (χ1n) is 7.37. The van der Waals surface area contributed by atoms with Gasteiger partial charge in [0.2, 0.25) is 10.5 Å². The Bertz CT molecular complexity index is 945. The van der Waals surface area contributed by atoms with Gasteiger partial charge in [0.1, 0.15) is 27.1 Å². The van der Waals surface area contributed by atoms with Gasteiger partial charge in [-0.05, 0) is 38.1 Å². The van der Waals surface area contributed by atoms with Crippen molar-refractivity contribution >= 4 is 31.7 Å². The molecule has 128 valence electrons. The lowest BCUT2D eigenvalue weighted by Gasteiger charge is -2.05. The Balaban J connectivity index is 0.000000177. The van der Waals surface area contributed by atoms with Crippen molar-refractivity contribution < 1.29 is 22.6 Å². The van der Waals surface area contributed by atoms with Crippen molar-refractivity contribution in [3.05, 3.63) is 53.0 Å². The molecule has 2 aromatic carbocycles. The predicted octanol–water partition coefficient (Wildman–Crippen LogP) is 3.12. The molecule has 0 spiro atoms. The van der Waals surface area contributed by atoms with E-state index in [1.54, 1.807) is 29.5 Å². The van der Waals surface area contributed by atoms with Crippen LogP contribution < -0.4 is 4.57 Å². The molecule has 3 aromatic rings. The van der Waals surface area contributed by atoms with Crippen molar-refractivity contribution in [2.75, 3.05) is 0 Å². The number of phenolic OH excluding ortho intramolecular Hbond substituents is 1. The van der Waals surface area contributed by atoms with Crippen LogP contribution in [0.4, 0.5) is 0 Å². The third-order valence-corrected chi connectivity index (χ3v) is 5.43. The van der Waals surface area contributed by atoms with Crippen molar-refractivity contribution in [1.82, 2.24) is 0 Å². The van der Waals surface area contributed by atoms with E-state index < -0.39 is 10.1 Å². The second kappa shape index (κ2) is 7.29. The molecule has 0 fully saturated rings. The first kappa shape index (κ1) is 18.4. The largest absolute Gasteiger partial charge is 0.744 e. The van der Waals surface area contributed by atoms with E-state index in [0.717, 1.165) is 17.6 Å². The number of aromatic nitrogens is 1. The van der Waals surface area contributed by atoms with Gasteiger partial charge in [0.15, 0.2) is 0 Å². The molecule has 0 aliphatic carbocycles. The third-order valence-electron chi connectivity index (χ3n) is 3.50. The summed E-state index contributed by atoms with van der Waals surface area (Å²) in [7, 11) is -4.27. The fourth-order valence-corrected chi connectivity index (χ4v) is 3.82. The van der Waals surface area contributed by atoms with E-state index in [4.69, 9.17) is 0 Å². The molecule has 0 radical (unpaired) electrons. The Hall–Kier alpha value is -1.96. The van der Waals surface area contributed by atoms with Crippen molar-refractivity contribution in [3.8, 4) is 5.75 Å². The van der Waals surface area contributed by atoms with Gasteiger partial charge in [-0.25, -0.2) is 8.42 Å². The molecule has 0 amide bonds. The zero-order valence-electron chi connectivity index (χ0n) is 13.7. The molecule has 0 saturated carbocycles. The summed E-state index contributed by atoms with van der Waals surface area (Å²) in [6.45, 7) is 6.99. The van der Waals surface area contributed by atoms with Gasteiger partial charge in [-0.15, -0.1) is 0 Å². The fraction of sp³-hybridized carbons (Fsp3) is 0.235. The molecular formula is C17H19NO4S2. The van der Waals surface area contributed by atoms with Gasteiger partial charge in [0.25, 0.3) is 0 Å². The Morgan fingerprint density at radius 3 is 2.29 bits per heavy atom. The minimum absolute atomic E-state index is 0.178. The van der Waals surface area contributed by atoms with E-state index in [9.17, 15) is 18.1 Å². The van der Waals surface area contributed by atoms with Crippen molar-refractivity contribution in [2.24, 2.45) is 0 Å². The number of hydrogen-bond donors (Lipinski definition) is 1. The standard InChI is InChI=1S/C10H11NOS.C7H8O3S/c1-3-11-7(2)13-10-5-4-8(12)6-9(10)11;1-6-2-4-7(5-3-6)11(8,9)10/h4-6H,3H2,1-2H3;2-5H,1H3,(H,8,9,10). The molecule has 0 bridgehead atoms. The monoisotopic (exact) mass is 365 g/mol. The Morgan fingerprint density at radius 1 is 1.12 bits per heavy atom. The molecule has 0 saturated heterocycles. The maximum Gasteiger partial charge on any atom is 0.235 e. The summed E-state index contributed by atoms with van der Waals surface area (Å²) in [4.78, 5) is -0.178. The number of rotatable bonds is 2. The highest BCUT2D eigenvalue weighted by molar-refractivity contribution is 7.85. The highest BCUT2D eigenvalue weighted by Crippen LogP contribution is 2.23. The number of thiazole rings is 1. The van der Waals surface area contributed by atoms with E-state index in [2.05, 4.69) is 18.4 Å². The maximum absolute atomic E-state index is 10.4. The second-order valence-corrected chi connectivity index (χ2v) is 7.90. The number of phenols is 1. The average Bonchev–Trinajstić information content (AvgIpc) is 2.82. The average molecular weight is 365 g/mol. The third kappa shape index (κ3) is 4.31. The molecule has 3 rings (SSSR count). The van der Waals surface area contributed by atoms with Crippen LogP contribution in [0.3, 0.4) is 0 Å². The van der Waals surface area contributed by atoms with Crippen LogP contribution in [0.5, 0.6) is 5.75 Å². The second-order valence-electron chi connectivity index (χ2n) is 5.28. The van der Waals surface area contributed by atoms with Crippen molar-refractivity contribution in [3.63, 3.8) is 0 Å². The molecular weight excluding hydrogens is 346 g/mol. The number of fused-ring (bicyclic) bond motifs is 1. The van der Waals surface area contributed by atoms with Crippen LogP contribution in [0.1, 0.15) is 17.5 Å². The molecule has 1 heterocycles. The molecule has 1 N–H and O–H groups in total. The van der Waals surface area contributed by atoms with Gasteiger partial charge < -0.3 is 9.66 Å². The Labute approximate surface area is 145 Å². The van der Waals surface area contributed by atoms with Crippen LogP contribution in [0.2, 0.25) is 0 Å². The van der Waals surface area contributed by atoms with Crippen LogP contribution in [0.25, 0.3) is 10.2 Å². The van der Waals surface area contributed by atoms with E-state index in [1.165, 1.54) is 21.8 Å². The van der Waals surface area contributed by atoms with Crippen LogP contribution in [-0.4, -0.2) is 18.1 Å². The molecule has 7 heteroatoms. The van der Waals surface area contributed by atoms with Crippen molar-refractivity contribution in [1.29, 1.82) is 0 Å². The van der Waals surface area contributed by atoms with Gasteiger partial charge in [-0.1, -0.05) is 29.0 Å². The molecule has 24 heavy (non-hydrogen) atoms. The van der Waals surface area contributed by atoms with Crippen molar-refractivity contribution in [2.45, 2.75) is 32.2 Å². The van der Waals surface area contributed by atoms with E-state index in [-0.39, 0.29) is 4.90 Å². The first-order chi connectivity index (χ1) is 11.2. The van der Waals surface area contributed by atoms with Gasteiger partial charge in [-0.2, -0.15) is 4.57 Å². The number of aromatic hydroxyl groups is 1. The molecule has 0 atom stereocenters. The van der Waals surface area contributed by atoms with Crippen LogP contribution in [-0.2, 0) is 16.7 Å². The number of aryl methyl sites for hydroxylation is 3. The summed E-state index contributed by atoms with van der Waals surface area (Å²) < 4.78 is 34.6. The zero-order valence-corrected chi connectivity index (χ0v) is 15.3. The Kier molecular flexibility index (Phi) is 5.58. The van der Waals surface area contributed by atoms with Crippen LogP contribution in [0.15, 0.2) is 47.4 Å². The molecule has 0 aliphatic heterocycles. The van der Waals surface area contributed by atoms with Gasteiger partial charge in [0, 0.05) is 6.92 Å². The summed E-state index contributed by atoms with van der Waals surface area (Å²) in [5.74, 6) is 0.340. The van der Waals surface area contributed by atoms with Crippen LogP contribution in [0, 0.1) is 13.8 Å². The lowest BCUT2D eigenvalue weighted by Crippen LogP contribution is -2.33. The molecule has 0 aliphatic rings. The number of benzene rings is 2. The lowest BCUT2D eigenvalue weighted by molar-refractivity contribution is -0.669. The highest BCUT2D eigenvalue weighted by atomic mass is 32.2. The minimum Gasteiger partial charge on any atom is -0.744 e. The fourth-order valence-electron chi connectivity index (χ4n) is 2.28. The molecule has 1 aromatic heterocycles. The quantitative estimate of drug-likeness (QED) is 0.559. The molecule has 5 nitrogen and oxygen atoms in total. The summed E-state index contributed by atoms with van der Waals surface area (Å²) in [5.41, 5.74) is 2.06. The van der Waals surface area contributed by atoms with E-state index in [0.29, 0.717) is 5.75 Å². The van der Waals surface area contributed by atoms with Gasteiger partial charge >= 0.3 is 0 Å². The van der Waals surface area contributed by atoms with E-state index >= 15 is 0 Å². The number of nitrogens with zero attached hydrogens (tertiary/aromatic N) is 1.